The summed E-state index contributed by atoms with van der Waals surface area (Å²) in [7, 11) is 3.60. The number of H-pyrrole nitrogens is 1. The first kappa shape index (κ1) is 22.4. The molecule has 2 aromatic rings. The van der Waals surface area contributed by atoms with E-state index in [2.05, 4.69) is 46.7 Å². The van der Waals surface area contributed by atoms with Gasteiger partial charge in [-0.1, -0.05) is 20.8 Å². The normalized spacial score (nSPS) is 21.0. The molecule has 0 spiro atoms. The number of aryl methyl sites for hydroxylation is 1. The summed E-state index contributed by atoms with van der Waals surface area (Å²) in [6, 6.07) is 1.52. The van der Waals surface area contributed by atoms with Crippen molar-refractivity contribution in [3.8, 4) is 0 Å². The molecule has 1 aliphatic rings. The minimum Gasteiger partial charge on any atom is -0.308 e. The molecule has 156 valence electrons. The second-order valence-corrected chi connectivity index (χ2v) is 8.78. The molecule has 1 aliphatic carbocycles. The van der Waals surface area contributed by atoms with Crippen LogP contribution in [-0.4, -0.2) is 32.9 Å². The van der Waals surface area contributed by atoms with Gasteiger partial charge in [0.2, 0.25) is 5.91 Å². The van der Waals surface area contributed by atoms with E-state index in [1.807, 2.05) is 19.3 Å². The fraction of sp³-hybridized carbons (Fsp3) is 0.650. The van der Waals surface area contributed by atoms with Crippen LogP contribution in [0.4, 0.5) is 5.82 Å². The highest BCUT2D eigenvalue weighted by molar-refractivity contribution is 5.94. The summed E-state index contributed by atoms with van der Waals surface area (Å²) in [4.78, 5) is 12.6. The summed E-state index contributed by atoms with van der Waals surface area (Å²) in [5, 5.41) is 17.5. The van der Waals surface area contributed by atoms with Crippen LogP contribution < -0.4 is 10.6 Å². The molecule has 0 radical (unpaired) electrons. The number of carbonyl (C=O) groups excluding carboxylic acids is 1. The molecule has 1 amide bonds. The molecule has 0 aromatic carbocycles. The molecule has 1 unspecified atom stereocenters. The first-order valence-electron chi connectivity index (χ1n) is 9.80. The van der Waals surface area contributed by atoms with Crippen LogP contribution in [-0.2, 0) is 11.8 Å². The predicted octanol–water partition coefficient (Wildman–Crippen LogP) is 3.78. The first-order chi connectivity index (χ1) is 12.8. The number of carbonyl (C=O) groups is 1. The minimum atomic E-state index is -0.457. The summed E-state index contributed by atoms with van der Waals surface area (Å²) in [6.07, 6.45) is 8.38. The summed E-state index contributed by atoms with van der Waals surface area (Å²) in [6.45, 7) is 7.01. The van der Waals surface area contributed by atoms with Crippen molar-refractivity contribution in [3.05, 3.63) is 29.7 Å². The molecule has 8 heteroatoms. The van der Waals surface area contributed by atoms with Gasteiger partial charge in [0, 0.05) is 36.5 Å². The van der Waals surface area contributed by atoms with Crippen LogP contribution in [0.25, 0.3) is 0 Å². The Bertz CT molecular complexity index is 770. The van der Waals surface area contributed by atoms with E-state index in [0.717, 1.165) is 17.2 Å². The summed E-state index contributed by atoms with van der Waals surface area (Å²) >= 11 is 0. The highest BCUT2D eigenvalue weighted by Crippen LogP contribution is 2.42. The van der Waals surface area contributed by atoms with Crippen molar-refractivity contribution in [1.29, 1.82) is 0 Å². The van der Waals surface area contributed by atoms with Crippen LogP contribution >= 0.6 is 12.4 Å². The van der Waals surface area contributed by atoms with Gasteiger partial charge in [0.25, 0.3) is 0 Å². The number of nitrogens with one attached hydrogen (secondary N) is 3. The Hall–Kier alpha value is -1.86. The third-order valence-electron chi connectivity index (χ3n) is 5.85. The monoisotopic (exact) mass is 408 g/mol. The molecule has 7 nitrogen and oxygen atoms in total. The largest absolute Gasteiger partial charge is 0.308 e. The third-order valence-corrected chi connectivity index (χ3v) is 5.85. The Morgan fingerprint density at radius 1 is 1.29 bits per heavy atom. The Balaban J connectivity index is 0.00000280. The molecule has 28 heavy (non-hydrogen) atoms. The SMILES string of the molecule is CNC(C(=O)Nc1cc(C2CCC(C(C)(C)C)CC2)[nH]n1)c1cnn(C)c1.Cl. The van der Waals surface area contributed by atoms with Crippen LogP contribution in [0.2, 0.25) is 0 Å². The number of aromatic nitrogens is 4. The quantitative estimate of drug-likeness (QED) is 0.702. The van der Waals surface area contributed by atoms with Gasteiger partial charge in [-0.15, -0.1) is 12.4 Å². The standard InChI is InChI=1S/C20H32N6O.ClH/c1-20(2,3)15-8-6-13(7-9-15)16-10-17(25-24-16)23-19(27)18(21-4)14-11-22-26(5)12-14;/h10-13,15,18,21H,6-9H2,1-5H3,(H2,23,24,25,27);1H. The smallest absolute Gasteiger partial charge is 0.247 e. The van der Waals surface area contributed by atoms with Crippen molar-refractivity contribution in [2.75, 3.05) is 12.4 Å². The highest BCUT2D eigenvalue weighted by atomic mass is 35.5. The van der Waals surface area contributed by atoms with E-state index in [9.17, 15) is 4.79 Å². The van der Waals surface area contributed by atoms with E-state index in [1.165, 1.54) is 25.7 Å². The maximum Gasteiger partial charge on any atom is 0.247 e. The van der Waals surface area contributed by atoms with Gasteiger partial charge in [-0.05, 0) is 44.1 Å². The molecular weight excluding hydrogens is 376 g/mol. The molecule has 1 saturated carbocycles. The maximum atomic E-state index is 12.6. The summed E-state index contributed by atoms with van der Waals surface area (Å²) in [5.41, 5.74) is 2.33. The van der Waals surface area contributed by atoms with Gasteiger partial charge in [0.15, 0.2) is 5.82 Å². The van der Waals surface area contributed by atoms with Gasteiger partial charge in [-0.3, -0.25) is 14.6 Å². The van der Waals surface area contributed by atoms with E-state index in [0.29, 0.717) is 17.2 Å². The fourth-order valence-corrected chi connectivity index (χ4v) is 4.12. The van der Waals surface area contributed by atoms with Crippen molar-refractivity contribution in [2.24, 2.45) is 18.4 Å². The van der Waals surface area contributed by atoms with Gasteiger partial charge >= 0.3 is 0 Å². The molecule has 2 aromatic heterocycles. The summed E-state index contributed by atoms with van der Waals surface area (Å²) in [5.74, 6) is 1.73. The average Bonchev–Trinajstić information content (AvgIpc) is 3.24. The number of halogens is 1. The lowest BCUT2D eigenvalue weighted by Crippen LogP contribution is -2.30. The number of anilines is 1. The van der Waals surface area contributed by atoms with Crippen molar-refractivity contribution < 1.29 is 4.79 Å². The Morgan fingerprint density at radius 3 is 2.50 bits per heavy atom. The number of nitrogens with zero attached hydrogens (tertiary/aromatic N) is 3. The third kappa shape index (κ3) is 5.14. The zero-order valence-corrected chi connectivity index (χ0v) is 18.3. The molecule has 0 aliphatic heterocycles. The molecule has 3 N–H and O–H groups in total. The molecule has 2 heterocycles. The fourth-order valence-electron chi connectivity index (χ4n) is 4.12. The van der Waals surface area contributed by atoms with E-state index in [4.69, 9.17) is 0 Å². The lowest BCUT2D eigenvalue weighted by atomic mass is 9.69. The minimum absolute atomic E-state index is 0. The average molecular weight is 409 g/mol. The van der Waals surface area contributed by atoms with Crippen molar-refractivity contribution in [1.82, 2.24) is 25.3 Å². The summed E-state index contributed by atoms with van der Waals surface area (Å²) < 4.78 is 1.69. The van der Waals surface area contributed by atoms with Crippen molar-refractivity contribution >= 4 is 24.1 Å². The maximum absolute atomic E-state index is 12.6. The molecular formula is C20H33ClN6O. The van der Waals surface area contributed by atoms with E-state index < -0.39 is 6.04 Å². The van der Waals surface area contributed by atoms with E-state index >= 15 is 0 Å². The van der Waals surface area contributed by atoms with Gasteiger partial charge in [-0.2, -0.15) is 10.2 Å². The van der Waals surface area contributed by atoms with Crippen LogP contribution in [0.15, 0.2) is 18.5 Å². The van der Waals surface area contributed by atoms with E-state index in [1.54, 1.807) is 17.9 Å². The topological polar surface area (TPSA) is 87.6 Å². The number of rotatable bonds is 5. The van der Waals surface area contributed by atoms with E-state index in [-0.39, 0.29) is 18.3 Å². The van der Waals surface area contributed by atoms with Crippen LogP contribution in [0.5, 0.6) is 0 Å². The Morgan fingerprint density at radius 2 is 1.96 bits per heavy atom. The number of hydrogen-bond donors (Lipinski definition) is 3. The second kappa shape index (κ2) is 9.09. The zero-order valence-electron chi connectivity index (χ0n) is 17.5. The zero-order chi connectivity index (χ0) is 19.6. The lowest BCUT2D eigenvalue weighted by Gasteiger charge is -2.36. The van der Waals surface area contributed by atoms with Crippen LogP contribution in [0.3, 0.4) is 0 Å². The van der Waals surface area contributed by atoms with Gasteiger partial charge < -0.3 is 10.6 Å². The van der Waals surface area contributed by atoms with Crippen LogP contribution in [0, 0.1) is 11.3 Å². The molecule has 1 fully saturated rings. The number of amides is 1. The van der Waals surface area contributed by atoms with Gasteiger partial charge in [0.1, 0.15) is 6.04 Å². The Kier molecular flexibility index (Phi) is 7.28. The Labute approximate surface area is 173 Å². The molecule has 1 atom stereocenters. The van der Waals surface area contributed by atoms with Gasteiger partial charge in [0.05, 0.1) is 6.20 Å². The number of aromatic amines is 1. The lowest BCUT2D eigenvalue weighted by molar-refractivity contribution is -0.118. The van der Waals surface area contributed by atoms with Crippen molar-refractivity contribution in [3.63, 3.8) is 0 Å². The second-order valence-electron chi connectivity index (χ2n) is 8.78. The number of hydrogen-bond acceptors (Lipinski definition) is 4. The molecule has 0 saturated heterocycles. The predicted molar refractivity (Wildman–Crippen MR) is 114 cm³/mol. The molecule has 3 rings (SSSR count). The molecule has 0 bridgehead atoms. The van der Waals surface area contributed by atoms with Gasteiger partial charge in [-0.25, -0.2) is 0 Å². The van der Waals surface area contributed by atoms with Crippen LogP contribution in [0.1, 0.15) is 69.7 Å². The first-order valence-corrected chi connectivity index (χ1v) is 9.80. The number of likely N-dealkylation sites (N-methyl/N-ethyl adjacent to an activating group) is 1. The highest BCUT2D eigenvalue weighted by Gasteiger charge is 2.31. The van der Waals surface area contributed by atoms with Crippen molar-refractivity contribution in [2.45, 2.75) is 58.4 Å².